The van der Waals surface area contributed by atoms with Crippen molar-refractivity contribution in [3.63, 3.8) is 0 Å². The van der Waals surface area contributed by atoms with Crippen LogP contribution < -0.4 is 5.73 Å². The number of nitrogens with two attached hydrogens (primary N) is 1. The van der Waals surface area contributed by atoms with Crippen LogP contribution in [-0.2, 0) is 9.59 Å². The number of halogens is 1. The molecule has 0 aliphatic carbocycles. The highest BCUT2D eigenvalue weighted by atomic mass is 35.5. The van der Waals surface area contributed by atoms with E-state index < -0.39 is 0 Å². The van der Waals surface area contributed by atoms with Crippen LogP contribution in [0.2, 0.25) is 0 Å². The van der Waals surface area contributed by atoms with Gasteiger partial charge in [0.15, 0.2) is 0 Å². The van der Waals surface area contributed by atoms with Gasteiger partial charge in [0.1, 0.15) is 0 Å². The Morgan fingerprint density at radius 3 is 2.65 bits per heavy atom. The van der Waals surface area contributed by atoms with Crippen molar-refractivity contribution in [1.82, 2.24) is 9.80 Å². The van der Waals surface area contributed by atoms with Crippen LogP contribution in [0.25, 0.3) is 0 Å². The molecule has 1 heterocycles. The van der Waals surface area contributed by atoms with E-state index in [0.29, 0.717) is 26.1 Å². The number of rotatable bonds is 4. The Labute approximate surface area is 109 Å². The Hall–Kier alpha value is -0.810. The van der Waals surface area contributed by atoms with Crippen LogP contribution in [0, 0.1) is 5.92 Å². The lowest BCUT2D eigenvalue weighted by Gasteiger charge is -2.26. The summed E-state index contributed by atoms with van der Waals surface area (Å²) in [7, 11) is 1.75. The van der Waals surface area contributed by atoms with Crippen molar-refractivity contribution in [3.8, 4) is 0 Å². The molecular formula is C11H22ClN3O2. The zero-order chi connectivity index (χ0) is 12.3. The lowest BCUT2D eigenvalue weighted by Crippen LogP contribution is -2.43. The quantitative estimate of drug-likeness (QED) is 0.781. The van der Waals surface area contributed by atoms with E-state index in [0.717, 1.165) is 0 Å². The molecule has 2 amide bonds. The Bertz CT molecular complexity index is 286. The minimum absolute atomic E-state index is 0. The monoisotopic (exact) mass is 263 g/mol. The van der Waals surface area contributed by atoms with Crippen LogP contribution in [0.5, 0.6) is 0 Å². The smallest absolute Gasteiger partial charge is 0.228 e. The lowest BCUT2D eigenvalue weighted by molar-refractivity contribution is -0.136. The fraction of sp³-hybridized carbons (Fsp3) is 0.818. The molecular weight excluding hydrogens is 242 g/mol. The molecule has 2 atom stereocenters. The van der Waals surface area contributed by atoms with Gasteiger partial charge in [-0.25, -0.2) is 0 Å². The van der Waals surface area contributed by atoms with Crippen LogP contribution in [-0.4, -0.2) is 54.3 Å². The van der Waals surface area contributed by atoms with E-state index in [1.54, 1.807) is 16.8 Å². The van der Waals surface area contributed by atoms with E-state index in [1.807, 2.05) is 13.8 Å². The van der Waals surface area contributed by atoms with Gasteiger partial charge in [0.25, 0.3) is 0 Å². The maximum atomic E-state index is 12.0. The molecule has 1 saturated heterocycles. The van der Waals surface area contributed by atoms with Gasteiger partial charge >= 0.3 is 0 Å². The second kappa shape index (κ2) is 6.81. The summed E-state index contributed by atoms with van der Waals surface area (Å²) in [6.07, 6.45) is 0.342. The maximum absolute atomic E-state index is 12.0. The van der Waals surface area contributed by atoms with Crippen molar-refractivity contribution in [2.45, 2.75) is 26.3 Å². The number of likely N-dealkylation sites (N-methyl/N-ethyl adjacent to an activating group) is 1. The van der Waals surface area contributed by atoms with Gasteiger partial charge in [0.2, 0.25) is 11.8 Å². The van der Waals surface area contributed by atoms with Gasteiger partial charge in [-0.05, 0) is 13.8 Å². The fourth-order valence-electron chi connectivity index (χ4n) is 1.91. The van der Waals surface area contributed by atoms with Crippen LogP contribution in [0.1, 0.15) is 20.3 Å². The minimum atomic E-state index is -0.188. The summed E-state index contributed by atoms with van der Waals surface area (Å²) in [5.41, 5.74) is 5.52. The molecule has 2 N–H and O–H groups in total. The summed E-state index contributed by atoms with van der Waals surface area (Å²) in [5.74, 6) is -0.0802. The first kappa shape index (κ1) is 16.2. The van der Waals surface area contributed by atoms with Crippen LogP contribution in [0.3, 0.4) is 0 Å². The summed E-state index contributed by atoms with van der Waals surface area (Å²) in [6.45, 7) is 5.51. The lowest BCUT2D eigenvalue weighted by atomic mass is 10.1. The first-order chi connectivity index (χ1) is 7.51. The highest BCUT2D eigenvalue weighted by Gasteiger charge is 2.35. The standard InChI is InChI=1S/C11H21N3O2.ClH/c1-4-14-7-9(5-10(14)15)11(16)13(3)8(2)6-12;/h8-9H,4-7,12H2,1-3H3;1H. The third-order valence-electron chi connectivity index (χ3n) is 3.30. The van der Waals surface area contributed by atoms with Crippen molar-refractivity contribution in [2.24, 2.45) is 11.7 Å². The second-order valence-corrected chi connectivity index (χ2v) is 4.37. The van der Waals surface area contributed by atoms with E-state index >= 15 is 0 Å². The molecule has 0 aromatic rings. The zero-order valence-corrected chi connectivity index (χ0v) is 11.5. The number of hydrogen-bond donors (Lipinski definition) is 1. The van der Waals surface area contributed by atoms with Crippen LogP contribution >= 0.6 is 12.4 Å². The predicted octanol–water partition coefficient (Wildman–Crippen LogP) is 0.0822. The SMILES string of the molecule is CCN1CC(C(=O)N(C)C(C)CN)CC1=O.Cl. The normalized spacial score (nSPS) is 21.1. The van der Waals surface area contributed by atoms with Gasteiger partial charge in [-0.3, -0.25) is 9.59 Å². The van der Waals surface area contributed by atoms with E-state index in [2.05, 4.69) is 0 Å². The summed E-state index contributed by atoms with van der Waals surface area (Å²) in [5, 5.41) is 0. The number of likely N-dealkylation sites (tertiary alicyclic amines) is 1. The van der Waals surface area contributed by atoms with E-state index in [-0.39, 0.29) is 36.2 Å². The molecule has 2 unspecified atom stereocenters. The Morgan fingerprint density at radius 2 is 2.24 bits per heavy atom. The Balaban J connectivity index is 0.00000256. The van der Waals surface area contributed by atoms with Crippen molar-refractivity contribution >= 4 is 24.2 Å². The molecule has 6 heteroatoms. The second-order valence-electron chi connectivity index (χ2n) is 4.37. The van der Waals surface area contributed by atoms with Crippen molar-refractivity contribution < 1.29 is 9.59 Å². The Morgan fingerprint density at radius 1 is 1.65 bits per heavy atom. The van der Waals surface area contributed by atoms with Gasteiger partial charge in [-0.15, -0.1) is 12.4 Å². The van der Waals surface area contributed by atoms with E-state index in [4.69, 9.17) is 5.73 Å². The zero-order valence-electron chi connectivity index (χ0n) is 10.7. The van der Waals surface area contributed by atoms with Crippen LogP contribution in [0.15, 0.2) is 0 Å². The third-order valence-corrected chi connectivity index (χ3v) is 3.30. The molecule has 1 aliphatic rings. The van der Waals surface area contributed by atoms with Gasteiger partial charge in [0.05, 0.1) is 5.92 Å². The largest absolute Gasteiger partial charge is 0.342 e. The third kappa shape index (κ3) is 3.57. The molecule has 0 bridgehead atoms. The molecule has 0 aromatic heterocycles. The van der Waals surface area contributed by atoms with E-state index in [9.17, 15) is 9.59 Å². The first-order valence-electron chi connectivity index (χ1n) is 5.75. The molecule has 0 radical (unpaired) electrons. The fourth-order valence-corrected chi connectivity index (χ4v) is 1.91. The van der Waals surface area contributed by atoms with Gasteiger partial charge in [-0.1, -0.05) is 0 Å². The molecule has 1 rings (SSSR count). The van der Waals surface area contributed by atoms with Crippen molar-refractivity contribution in [1.29, 1.82) is 0 Å². The Kier molecular flexibility index (Phi) is 6.49. The average Bonchev–Trinajstić information content (AvgIpc) is 2.67. The highest BCUT2D eigenvalue weighted by molar-refractivity contribution is 5.89. The molecule has 0 saturated carbocycles. The van der Waals surface area contributed by atoms with Crippen molar-refractivity contribution in [2.75, 3.05) is 26.7 Å². The molecule has 1 fully saturated rings. The average molecular weight is 264 g/mol. The molecule has 0 aromatic carbocycles. The topological polar surface area (TPSA) is 66.6 Å². The molecule has 17 heavy (non-hydrogen) atoms. The van der Waals surface area contributed by atoms with E-state index in [1.165, 1.54) is 0 Å². The molecule has 0 spiro atoms. The van der Waals surface area contributed by atoms with Gasteiger partial charge in [0, 0.05) is 39.1 Å². The van der Waals surface area contributed by atoms with Gasteiger partial charge in [-0.2, -0.15) is 0 Å². The summed E-state index contributed by atoms with van der Waals surface area (Å²) in [6, 6.07) is 0.0262. The number of carbonyl (C=O) groups excluding carboxylic acids is 2. The predicted molar refractivity (Wildman–Crippen MR) is 68.9 cm³/mol. The number of nitrogens with zero attached hydrogens (tertiary/aromatic N) is 2. The van der Waals surface area contributed by atoms with Gasteiger partial charge < -0.3 is 15.5 Å². The summed E-state index contributed by atoms with van der Waals surface area (Å²) in [4.78, 5) is 26.9. The van der Waals surface area contributed by atoms with Crippen molar-refractivity contribution in [3.05, 3.63) is 0 Å². The first-order valence-corrected chi connectivity index (χ1v) is 5.75. The highest BCUT2D eigenvalue weighted by Crippen LogP contribution is 2.19. The summed E-state index contributed by atoms with van der Waals surface area (Å²) >= 11 is 0. The number of carbonyl (C=O) groups is 2. The number of hydrogen-bond acceptors (Lipinski definition) is 3. The summed E-state index contributed by atoms with van der Waals surface area (Å²) < 4.78 is 0. The number of amides is 2. The molecule has 5 nitrogen and oxygen atoms in total. The maximum Gasteiger partial charge on any atom is 0.228 e. The van der Waals surface area contributed by atoms with Crippen LogP contribution in [0.4, 0.5) is 0 Å². The minimum Gasteiger partial charge on any atom is -0.342 e. The molecule has 100 valence electrons. The molecule has 1 aliphatic heterocycles.